The standard InChI is InChI=1S/C30H33BrN4O3/c31-23-12-14-24(15-13-23)33-30(38)26(17-19-35-18-3-4-25(36)20-35)22-10-7-21(8-11-22)9-16-29(37)34-28-6-2-1-5-27(28)32/h1-2,5-16,25-26,36H,3-4,17-20,32H2,(H,33,38)(H,34,37). The molecule has 38 heavy (non-hydrogen) atoms. The molecule has 0 spiro atoms. The van der Waals surface area contributed by atoms with Crippen LogP contribution in [-0.2, 0) is 9.59 Å². The molecule has 2 unspecified atom stereocenters. The van der Waals surface area contributed by atoms with Gasteiger partial charge in [0.1, 0.15) is 0 Å². The first-order chi connectivity index (χ1) is 18.4. The van der Waals surface area contributed by atoms with Crippen molar-refractivity contribution in [3.63, 3.8) is 0 Å². The van der Waals surface area contributed by atoms with E-state index in [9.17, 15) is 14.7 Å². The number of para-hydroxylation sites is 2. The molecule has 2 atom stereocenters. The van der Waals surface area contributed by atoms with E-state index in [4.69, 9.17) is 5.73 Å². The molecular formula is C30H33BrN4O3. The number of aliphatic hydroxyl groups is 1. The molecule has 8 heteroatoms. The van der Waals surface area contributed by atoms with Gasteiger partial charge in [0.25, 0.3) is 0 Å². The van der Waals surface area contributed by atoms with Crippen LogP contribution in [0.4, 0.5) is 17.1 Å². The Morgan fingerprint density at radius 1 is 1.05 bits per heavy atom. The second kappa shape index (κ2) is 13.4. The van der Waals surface area contributed by atoms with Gasteiger partial charge in [-0.1, -0.05) is 52.3 Å². The van der Waals surface area contributed by atoms with E-state index >= 15 is 0 Å². The minimum Gasteiger partial charge on any atom is -0.397 e. The average molecular weight is 578 g/mol. The van der Waals surface area contributed by atoms with Crippen molar-refractivity contribution in [1.82, 2.24) is 4.90 Å². The highest BCUT2D eigenvalue weighted by atomic mass is 79.9. The molecule has 1 heterocycles. The van der Waals surface area contributed by atoms with E-state index < -0.39 is 0 Å². The summed E-state index contributed by atoms with van der Waals surface area (Å²) in [6, 6.07) is 22.3. The number of likely N-dealkylation sites (tertiary alicyclic amines) is 1. The van der Waals surface area contributed by atoms with Crippen LogP contribution in [-0.4, -0.2) is 47.6 Å². The van der Waals surface area contributed by atoms with Gasteiger partial charge in [0.15, 0.2) is 0 Å². The van der Waals surface area contributed by atoms with Crippen molar-refractivity contribution in [3.8, 4) is 0 Å². The van der Waals surface area contributed by atoms with Crippen molar-refractivity contribution in [2.45, 2.75) is 31.3 Å². The lowest BCUT2D eigenvalue weighted by atomic mass is 9.93. The van der Waals surface area contributed by atoms with Crippen molar-refractivity contribution >= 4 is 50.9 Å². The molecule has 4 rings (SSSR count). The van der Waals surface area contributed by atoms with Gasteiger partial charge in [-0.3, -0.25) is 9.59 Å². The third-order valence-electron chi connectivity index (χ3n) is 6.63. The summed E-state index contributed by atoms with van der Waals surface area (Å²) in [6.07, 6.45) is 5.30. The molecule has 7 nitrogen and oxygen atoms in total. The molecule has 1 saturated heterocycles. The molecule has 0 aliphatic carbocycles. The number of nitrogen functional groups attached to an aromatic ring is 1. The number of rotatable bonds is 9. The monoisotopic (exact) mass is 576 g/mol. The van der Waals surface area contributed by atoms with Crippen LogP contribution in [0.3, 0.4) is 0 Å². The quantitative estimate of drug-likeness (QED) is 0.205. The van der Waals surface area contributed by atoms with E-state index in [0.29, 0.717) is 24.3 Å². The smallest absolute Gasteiger partial charge is 0.248 e. The lowest BCUT2D eigenvalue weighted by Gasteiger charge is -2.31. The third-order valence-corrected chi connectivity index (χ3v) is 7.16. The summed E-state index contributed by atoms with van der Waals surface area (Å²) in [6.45, 7) is 2.29. The molecule has 0 saturated carbocycles. The number of hydrogen-bond acceptors (Lipinski definition) is 5. The average Bonchev–Trinajstić information content (AvgIpc) is 2.91. The van der Waals surface area contributed by atoms with E-state index in [1.807, 2.05) is 60.7 Å². The van der Waals surface area contributed by atoms with E-state index in [0.717, 1.165) is 47.2 Å². The number of piperidine rings is 1. The van der Waals surface area contributed by atoms with Gasteiger partial charge in [0, 0.05) is 22.8 Å². The molecule has 3 aromatic carbocycles. The Morgan fingerprint density at radius 3 is 2.50 bits per heavy atom. The van der Waals surface area contributed by atoms with Crippen molar-refractivity contribution in [3.05, 3.63) is 94.5 Å². The number of carbonyl (C=O) groups excluding carboxylic acids is 2. The number of nitrogens with one attached hydrogen (secondary N) is 2. The third kappa shape index (κ3) is 8.02. The van der Waals surface area contributed by atoms with Crippen LogP contribution in [0.15, 0.2) is 83.3 Å². The lowest BCUT2D eigenvalue weighted by Crippen LogP contribution is -2.39. The topological polar surface area (TPSA) is 108 Å². The maximum absolute atomic E-state index is 13.4. The summed E-state index contributed by atoms with van der Waals surface area (Å²) in [5, 5.41) is 15.9. The number of carbonyl (C=O) groups is 2. The fraction of sp³-hybridized carbons (Fsp3) is 0.267. The van der Waals surface area contributed by atoms with Crippen molar-refractivity contribution in [1.29, 1.82) is 0 Å². The highest BCUT2D eigenvalue weighted by Crippen LogP contribution is 2.25. The predicted molar refractivity (Wildman–Crippen MR) is 157 cm³/mol. The van der Waals surface area contributed by atoms with Crippen LogP contribution >= 0.6 is 15.9 Å². The van der Waals surface area contributed by atoms with Gasteiger partial charge in [-0.25, -0.2) is 0 Å². The zero-order chi connectivity index (χ0) is 26.9. The molecule has 5 N–H and O–H groups in total. The van der Waals surface area contributed by atoms with Gasteiger partial charge >= 0.3 is 0 Å². The second-order valence-corrected chi connectivity index (χ2v) is 10.4. The van der Waals surface area contributed by atoms with E-state index in [-0.39, 0.29) is 23.8 Å². The molecule has 3 aromatic rings. The maximum atomic E-state index is 13.4. The molecule has 1 fully saturated rings. The fourth-order valence-electron chi connectivity index (χ4n) is 4.55. The number of β-amino-alcohol motifs (C(OH)–C–C–N with tert-alkyl or cyclic N) is 1. The first kappa shape index (κ1) is 27.6. The Balaban J connectivity index is 1.44. The maximum Gasteiger partial charge on any atom is 0.248 e. The highest BCUT2D eigenvalue weighted by molar-refractivity contribution is 9.10. The highest BCUT2D eigenvalue weighted by Gasteiger charge is 2.24. The SMILES string of the molecule is Nc1ccccc1NC(=O)C=Cc1ccc(C(CCN2CCCC(O)C2)C(=O)Nc2ccc(Br)cc2)cc1. The second-order valence-electron chi connectivity index (χ2n) is 9.51. The molecule has 1 aliphatic rings. The number of hydrogen-bond donors (Lipinski definition) is 4. The minimum atomic E-state index is -0.361. The van der Waals surface area contributed by atoms with Crippen LogP contribution in [0.5, 0.6) is 0 Å². The van der Waals surface area contributed by atoms with E-state index in [1.54, 1.807) is 18.2 Å². The Kier molecular flexibility index (Phi) is 9.70. The summed E-state index contributed by atoms with van der Waals surface area (Å²) in [7, 11) is 0. The zero-order valence-corrected chi connectivity index (χ0v) is 22.7. The van der Waals surface area contributed by atoms with Gasteiger partial charge in [0.2, 0.25) is 11.8 Å². The first-order valence-electron chi connectivity index (χ1n) is 12.8. The molecule has 0 radical (unpaired) electrons. The molecular weight excluding hydrogens is 544 g/mol. The van der Waals surface area contributed by atoms with Crippen molar-refractivity contribution in [2.75, 3.05) is 36.0 Å². The Labute approximate surface area is 231 Å². The number of nitrogens with zero attached hydrogens (tertiary/aromatic N) is 1. The van der Waals surface area contributed by atoms with Crippen LogP contribution < -0.4 is 16.4 Å². The van der Waals surface area contributed by atoms with Crippen LogP contribution in [0, 0.1) is 0 Å². The van der Waals surface area contributed by atoms with Gasteiger partial charge in [0.05, 0.1) is 23.4 Å². The molecule has 0 aromatic heterocycles. The van der Waals surface area contributed by atoms with Crippen molar-refractivity contribution < 1.29 is 14.7 Å². The summed E-state index contributed by atoms with van der Waals surface area (Å²) >= 11 is 3.42. The summed E-state index contributed by atoms with van der Waals surface area (Å²) in [4.78, 5) is 27.9. The molecule has 2 amide bonds. The lowest BCUT2D eigenvalue weighted by molar-refractivity contribution is -0.118. The van der Waals surface area contributed by atoms with Gasteiger partial charge in [-0.15, -0.1) is 0 Å². The number of anilines is 3. The van der Waals surface area contributed by atoms with Crippen LogP contribution in [0.2, 0.25) is 0 Å². The Bertz CT molecular complexity index is 1260. The largest absolute Gasteiger partial charge is 0.397 e. The Hall–Kier alpha value is -3.46. The molecule has 1 aliphatic heterocycles. The molecule has 198 valence electrons. The number of nitrogens with two attached hydrogens (primary N) is 1. The summed E-state index contributed by atoms with van der Waals surface area (Å²) in [5.74, 6) is -0.712. The zero-order valence-electron chi connectivity index (χ0n) is 21.1. The first-order valence-corrected chi connectivity index (χ1v) is 13.6. The Morgan fingerprint density at radius 2 is 1.79 bits per heavy atom. The van der Waals surface area contributed by atoms with Crippen molar-refractivity contribution in [2.24, 2.45) is 0 Å². The van der Waals surface area contributed by atoms with Gasteiger partial charge in [-0.05, 0) is 86.0 Å². The predicted octanol–water partition coefficient (Wildman–Crippen LogP) is 5.25. The van der Waals surface area contributed by atoms with Crippen LogP contribution in [0.25, 0.3) is 6.08 Å². The number of aliphatic hydroxyl groups excluding tert-OH is 1. The van der Waals surface area contributed by atoms with E-state index in [2.05, 4.69) is 31.5 Å². The number of halogens is 1. The molecule has 0 bridgehead atoms. The van der Waals surface area contributed by atoms with E-state index in [1.165, 1.54) is 6.08 Å². The number of amides is 2. The summed E-state index contributed by atoms with van der Waals surface area (Å²) < 4.78 is 0.945. The fourth-order valence-corrected chi connectivity index (χ4v) is 4.82. The number of benzene rings is 3. The van der Waals surface area contributed by atoms with Gasteiger partial charge in [-0.2, -0.15) is 0 Å². The minimum absolute atomic E-state index is 0.0759. The van der Waals surface area contributed by atoms with Crippen LogP contribution in [0.1, 0.15) is 36.3 Å². The normalized spacial score (nSPS) is 16.7. The summed E-state index contributed by atoms with van der Waals surface area (Å²) in [5.41, 5.74) is 9.44. The van der Waals surface area contributed by atoms with Gasteiger partial charge < -0.3 is 26.4 Å².